The van der Waals surface area contributed by atoms with E-state index in [0.717, 1.165) is 24.9 Å². The van der Waals surface area contributed by atoms with Gasteiger partial charge in [0, 0.05) is 25.6 Å². The first-order valence-corrected chi connectivity index (χ1v) is 7.34. The van der Waals surface area contributed by atoms with Gasteiger partial charge in [-0.25, -0.2) is 4.39 Å². The molecule has 1 aliphatic carbocycles. The topological polar surface area (TPSA) is 41.1 Å². The fraction of sp³-hybridized carbons (Fsp3) is 0.562. The van der Waals surface area contributed by atoms with Crippen molar-refractivity contribution in [1.82, 2.24) is 10.6 Å². The molecule has 1 atom stereocenters. The maximum absolute atomic E-state index is 13.1. The Labute approximate surface area is 120 Å². The zero-order valence-electron chi connectivity index (χ0n) is 12.2. The molecule has 0 heterocycles. The van der Waals surface area contributed by atoms with Gasteiger partial charge in [-0.05, 0) is 42.0 Å². The van der Waals surface area contributed by atoms with Crippen LogP contribution in [0.5, 0.6) is 0 Å². The minimum absolute atomic E-state index is 0.0866. The summed E-state index contributed by atoms with van der Waals surface area (Å²) in [7, 11) is 0. The minimum Gasteiger partial charge on any atom is -0.356 e. The number of benzene rings is 1. The lowest BCUT2D eigenvalue weighted by molar-refractivity contribution is -0.121. The van der Waals surface area contributed by atoms with Gasteiger partial charge in [0.1, 0.15) is 5.82 Å². The number of hydrogen-bond acceptors (Lipinski definition) is 2. The number of amides is 1. The van der Waals surface area contributed by atoms with Crippen LogP contribution in [0.4, 0.5) is 4.39 Å². The molecule has 0 aromatic heterocycles. The lowest BCUT2D eigenvalue weighted by Crippen LogP contribution is -2.31. The average molecular weight is 278 g/mol. The molecule has 20 heavy (non-hydrogen) atoms. The van der Waals surface area contributed by atoms with Crippen molar-refractivity contribution in [3.05, 3.63) is 35.1 Å². The summed E-state index contributed by atoms with van der Waals surface area (Å²) in [5, 5.41) is 6.30. The Balaban J connectivity index is 1.75. The van der Waals surface area contributed by atoms with Crippen molar-refractivity contribution in [2.75, 3.05) is 13.1 Å². The predicted molar refractivity (Wildman–Crippen MR) is 77.9 cm³/mol. The van der Waals surface area contributed by atoms with Gasteiger partial charge in [0.05, 0.1) is 0 Å². The van der Waals surface area contributed by atoms with Crippen LogP contribution in [0.15, 0.2) is 18.2 Å². The number of nitrogens with one attached hydrogen (secondary N) is 2. The summed E-state index contributed by atoms with van der Waals surface area (Å²) in [5.74, 6) is 0.393. The van der Waals surface area contributed by atoms with Crippen LogP contribution in [0.3, 0.4) is 0 Å². The van der Waals surface area contributed by atoms with Gasteiger partial charge in [0.2, 0.25) is 5.91 Å². The standard InChI is InChI=1S/C16H23FN2O/c1-11(2)10-19-16(20)7-8-18-15-6-3-12-9-13(17)4-5-14(12)15/h4-5,9,11,15,18H,3,6-8,10H2,1-2H3,(H,19,20). The number of carbonyl (C=O) groups excluding carboxylic acids is 1. The highest BCUT2D eigenvalue weighted by Crippen LogP contribution is 2.31. The first kappa shape index (κ1) is 15.0. The van der Waals surface area contributed by atoms with Gasteiger partial charge >= 0.3 is 0 Å². The van der Waals surface area contributed by atoms with E-state index in [4.69, 9.17) is 0 Å². The molecule has 0 spiro atoms. The second-order valence-corrected chi connectivity index (χ2v) is 5.84. The third kappa shape index (κ3) is 4.04. The van der Waals surface area contributed by atoms with Gasteiger partial charge in [-0.1, -0.05) is 19.9 Å². The zero-order valence-corrected chi connectivity index (χ0v) is 12.2. The molecule has 0 radical (unpaired) electrons. The molecule has 0 saturated carbocycles. The Morgan fingerprint density at radius 3 is 3.00 bits per heavy atom. The largest absolute Gasteiger partial charge is 0.356 e. The molecular weight excluding hydrogens is 255 g/mol. The first-order chi connectivity index (χ1) is 9.56. The summed E-state index contributed by atoms with van der Waals surface area (Å²) in [4.78, 5) is 11.6. The number of rotatable bonds is 6. The molecule has 4 heteroatoms. The smallest absolute Gasteiger partial charge is 0.221 e. The third-order valence-corrected chi connectivity index (χ3v) is 3.63. The SMILES string of the molecule is CC(C)CNC(=O)CCNC1CCc2cc(F)ccc21. The van der Waals surface area contributed by atoms with Gasteiger partial charge < -0.3 is 10.6 Å². The van der Waals surface area contributed by atoms with Crippen LogP contribution in [0.2, 0.25) is 0 Å². The normalized spacial score (nSPS) is 17.3. The summed E-state index contributed by atoms with van der Waals surface area (Å²) in [6.45, 7) is 5.54. The van der Waals surface area contributed by atoms with Crippen LogP contribution >= 0.6 is 0 Å². The molecule has 0 saturated heterocycles. The van der Waals surface area contributed by atoms with E-state index >= 15 is 0 Å². The Bertz CT molecular complexity index is 474. The number of hydrogen-bond donors (Lipinski definition) is 2. The van der Waals surface area contributed by atoms with E-state index in [9.17, 15) is 9.18 Å². The monoisotopic (exact) mass is 278 g/mol. The van der Waals surface area contributed by atoms with Crippen molar-refractivity contribution in [3.8, 4) is 0 Å². The highest BCUT2D eigenvalue weighted by atomic mass is 19.1. The van der Waals surface area contributed by atoms with Gasteiger partial charge in [0.25, 0.3) is 0 Å². The number of carbonyl (C=O) groups is 1. The van der Waals surface area contributed by atoms with E-state index in [1.54, 1.807) is 6.07 Å². The van der Waals surface area contributed by atoms with Crippen molar-refractivity contribution >= 4 is 5.91 Å². The van der Waals surface area contributed by atoms with Gasteiger partial charge in [0.15, 0.2) is 0 Å². The van der Waals surface area contributed by atoms with Crippen LogP contribution in [-0.2, 0) is 11.2 Å². The molecule has 0 bridgehead atoms. The van der Waals surface area contributed by atoms with E-state index in [1.807, 2.05) is 6.07 Å². The maximum Gasteiger partial charge on any atom is 0.221 e. The Morgan fingerprint density at radius 1 is 1.45 bits per heavy atom. The second kappa shape index (κ2) is 6.84. The summed E-state index contributed by atoms with van der Waals surface area (Å²) in [6.07, 6.45) is 2.37. The molecule has 1 aromatic rings. The second-order valence-electron chi connectivity index (χ2n) is 5.84. The lowest BCUT2D eigenvalue weighted by atomic mass is 10.1. The summed E-state index contributed by atoms with van der Waals surface area (Å²) in [5.41, 5.74) is 2.26. The van der Waals surface area contributed by atoms with Crippen molar-refractivity contribution in [3.63, 3.8) is 0 Å². The number of fused-ring (bicyclic) bond motifs is 1. The lowest BCUT2D eigenvalue weighted by Gasteiger charge is -2.14. The molecule has 0 aliphatic heterocycles. The van der Waals surface area contributed by atoms with E-state index in [0.29, 0.717) is 18.9 Å². The molecule has 1 amide bonds. The maximum atomic E-state index is 13.1. The molecule has 0 fully saturated rings. The number of aryl methyl sites for hydroxylation is 1. The molecule has 1 aromatic carbocycles. The molecular formula is C16H23FN2O. The van der Waals surface area contributed by atoms with Gasteiger partial charge in [-0.15, -0.1) is 0 Å². The Hall–Kier alpha value is -1.42. The quantitative estimate of drug-likeness (QED) is 0.839. The molecule has 3 nitrogen and oxygen atoms in total. The fourth-order valence-electron chi connectivity index (χ4n) is 2.56. The van der Waals surface area contributed by atoms with E-state index in [2.05, 4.69) is 24.5 Å². The number of halogens is 1. The average Bonchev–Trinajstić information content (AvgIpc) is 2.79. The van der Waals surface area contributed by atoms with Crippen LogP contribution in [-0.4, -0.2) is 19.0 Å². The van der Waals surface area contributed by atoms with Crippen molar-refractivity contribution in [2.24, 2.45) is 5.92 Å². The van der Waals surface area contributed by atoms with Crippen LogP contribution in [0, 0.1) is 11.7 Å². The molecule has 1 aliphatic rings. The van der Waals surface area contributed by atoms with Crippen molar-refractivity contribution in [2.45, 2.75) is 39.2 Å². The van der Waals surface area contributed by atoms with Crippen LogP contribution < -0.4 is 10.6 Å². The van der Waals surface area contributed by atoms with Gasteiger partial charge in [-0.3, -0.25) is 4.79 Å². The van der Waals surface area contributed by atoms with E-state index in [1.165, 1.54) is 11.6 Å². The van der Waals surface area contributed by atoms with Crippen molar-refractivity contribution < 1.29 is 9.18 Å². The molecule has 2 N–H and O–H groups in total. The van der Waals surface area contributed by atoms with Crippen LogP contribution in [0.25, 0.3) is 0 Å². The Morgan fingerprint density at radius 2 is 2.25 bits per heavy atom. The van der Waals surface area contributed by atoms with Crippen LogP contribution in [0.1, 0.15) is 43.9 Å². The summed E-state index contributed by atoms with van der Waals surface area (Å²) < 4.78 is 13.1. The summed E-state index contributed by atoms with van der Waals surface area (Å²) in [6, 6.07) is 5.23. The predicted octanol–water partition coefficient (Wildman–Crippen LogP) is 2.56. The first-order valence-electron chi connectivity index (χ1n) is 7.34. The minimum atomic E-state index is -0.169. The van der Waals surface area contributed by atoms with Gasteiger partial charge in [-0.2, -0.15) is 0 Å². The van der Waals surface area contributed by atoms with E-state index in [-0.39, 0.29) is 17.8 Å². The molecule has 110 valence electrons. The fourth-order valence-corrected chi connectivity index (χ4v) is 2.56. The molecule has 1 unspecified atom stereocenters. The zero-order chi connectivity index (χ0) is 14.5. The molecule has 2 rings (SSSR count). The van der Waals surface area contributed by atoms with Crippen molar-refractivity contribution in [1.29, 1.82) is 0 Å². The Kier molecular flexibility index (Phi) is 5.12. The third-order valence-electron chi connectivity index (χ3n) is 3.63. The van der Waals surface area contributed by atoms with E-state index < -0.39 is 0 Å². The highest BCUT2D eigenvalue weighted by Gasteiger charge is 2.22. The summed E-state index contributed by atoms with van der Waals surface area (Å²) >= 11 is 0. The highest BCUT2D eigenvalue weighted by molar-refractivity contribution is 5.76.